The third-order valence-corrected chi connectivity index (χ3v) is 3.49. The van der Waals surface area contributed by atoms with Crippen molar-refractivity contribution in [3.05, 3.63) is 51.8 Å². The minimum atomic E-state index is -0.442. The highest BCUT2D eigenvalue weighted by molar-refractivity contribution is 7.13. The van der Waals surface area contributed by atoms with Crippen LogP contribution in [0, 0.1) is 10.1 Å². The van der Waals surface area contributed by atoms with E-state index in [0.717, 1.165) is 11.3 Å². The zero-order valence-corrected chi connectivity index (χ0v) is 11.5. The van der Waals surface area contributed by atoms with E-state index < -0.39 is 4.92 Å². The molecule has 21 heavy (non-hydrogen) atoms. The van der Waals surface area contributed by atoms with Crippen LogP contribution in [0.1, 0.15) is 5.69 Å². The lowest BCUT2D eigenvalue weighted by Crippen LogP contribution is -2.01. The summed E-state index contributed by atoms with van der Waals surface area (Å²) in [5.74, 6) is 0.507. The van der Waals surface area contributed by atoms with Crippen molar-refractivity contribution in [2.75, 3.05) is 5.73 Å². The molecule has 0 fully saturated rings. The Bertz CT molecular complexity index is 779. The summed E-state index contributed by atoms with van der Waals surface area (Å²) in [6.07, 6.45) is 1.59. The van der Waals surface area contributed by atoms with Crippen LogP contribution in [0.5, 0.6) is 0 Å². The van der Waals surface area contributed by atoms with Gasteiger partial charge in [-0.3, -0.25) is 10.1 Å². The third-order valence-electron chi connectivity index (χ3n) is 2.77. The molecule has 0 saturated heterocycles. The van der Waals surface area contributed by atoms with Crippen molar-refractivity contribution in [2.45, 2.75) is 6.54 Å². The lowest BCUT2D eigenvalue weighted by atomic mass is 10.2. The van der Waals surface area contributed by atoms with Gasteiger partial charge in [0.2, 0.25) is 0 Å². The first-order chi connectivity index (χ1) is 10.1. The maximum atomic E-state index is 10.6. The zero-order valence-electron chi connectivity index (χ0n) is 10.7. The molecule has 0 aliphatic rings. The Labute approximate surface area is 123 Å². The summed E-state index contributed by atoms with van der Waals surface area (Å²) in [5.41, 5.74) is 7.15. The van der Waals surface area contributed by atoms with Crippen molar-refractivity contribution in [1.29, 1.82) is 0 Å². The minimum Gasteiger partial charge on any atom is -0.375 e. The predicted molar refractivity (Wildman–Crippen MR) is 77.7 cm³/mol. The van der Waals surface area contributed by atoms with Crippen LogP contribution in [0.4, 0.5) is 10.8 Å². The molecular weight excluding hydrogens is 292 g/mol. The Morgan fingerprint density at radius 3 is 2.71 bits per heavy atom. The second-order valence-electron chi connectivity index (χ2n) is 4.25. The number of anilines is 1. The molecule has 1 aromatic carbocycles. The summed E-state index contributed by atoms with van der Waals surface area (Å²) >= 11 is 1.37. The fourth-order valence-corrected chi connectivity index (χ4v) is 2.35. The maximum Gasteiger partial charge on any atom is 0.269 e. The average Bonchev–Trinajstić information content (AvgIpc) is 3.09. The molecule has 0 atom stereocenters. The second-order valence-corrected chi connectivity index (χ2v) is 5.14. The van der Waals surface area contributed by atoms with Crippen molar-refractivity contribution in [1.82, 2.24) is 19.7 Å². The number of nitrogens with two attached hydrogens (primary N) is 1. The number of hydrogen-bond acceptors (Lipinski definition) is 7. The fourth-order valence-electron chi connectivity index (χ4n) is 1.80. The molecule has 0 bridgehead atoms. The van der Waals surface area contributed by atoms with Crippen LogP contribution in [-0.2, 0) is 6.54 Å². The third kappa shape index (κ3) is 2.87. The molecule has 9 heteroatoms. The van der Waals surface area contributed by atoms with Gasteiger partial charge in [-0.25, -0.2) is 14.6 Å². The monoisotopic (exact) mass is 302 g/mol. The molecule has 0 saturated carbocycles. The molecule has 3 rings (SSSR count). The zero-order chi connectivity index (χ0) is 14.8. The van der Waals surface area contributed by atoms with Crippen molar-refractivity contribution in [2.24, 2.45) is 0 Å². The van der Waals surface area contributed by atoms with Gasteiger partial charge in [-0.2, -0.15) is 5.10 Å². The highest BCUT2D eigenvalue weighted by Gasteiger charge is 2.09. The van der Waals surface area contributed by atoms with E-state index in [0.29, 0.717) is 17.5 Å². The molecule has 2 aromatic heterocycles. The number of benzene rings is 1. The Balaban J connectivity index is 1.79. The number of aromatic nitrogens is 4. The SMILES string of the molecule is Nc1nc(Cn2cnc(-c3ccc([N+](=O)[O-])cc3)n2)cs1. The molecule has 0 aliphatic heterocycles. The number of rotatable bonds is 4. The normalized spacial score (nSPS) is 10.7. The summed E-state index contributed by atoms with van der Waals surface area (Å²) in [4.78, 5) is 18.5. The Kier molecular flexibility index (Phi) is 3.32. The second kappa shape index (κ2) is 5.29. The van der Waals surface area contributed by atoms with Gasteiger partial charge in [0.05, 0.1) is 17.2 Å². The summed E-state index contributed by atoms with van der Waals surface area (Å²) < 4.78 is 1.64. The molecule has 0 spiro atoms. The fraction of sp³-hybridized carbons (Fsp3) is 0.0833. The smallest absolute Gasteiger partial charge is 0.269 e. The van der Waals surface area contributed by atoms with Gasteiger partial charge < -0.3 is 5.73 Å². The molecule has 2 heterocycles. The van der Waals surface area contributed by atoms with E-state index in [9.17, 15) is 10.1 Å². The Morgan fingerprint density at radius 1 is 1.33 bits per heavy atom. The molecule has 2 N–H and O–H groups in total. The van der Waals surface area contributed by atoms with Crippen LogP contribution in [0.2, 0.25) is 0 Å². The van der Waals surface area contributed by atoms with Gasteiger partial charge in [-0.05, 0) is 12.1 Å². The lowest BCUT2D eigenvalue weighted by molar-refractivity contribution is -0.384. The number of nitrogens with zero attached hydrogens (tertiary/aromatic N) is 5. The van der Waals surface area contributed by atoms with E-state index in [2.05, 4.69) is 15.1 Å². The molecule has 0 unspecified atom stereocenters. The van der Waals surface area contributed by atoms with Crippen molar-refractivity contribution < 1.29 is 4.92 Å². The Hall–Kier alpha value is -2.81. The van der Waals surface area contributed by atoms with Gasteiger partial charge in [0, 0.05) is 23.1 Å². The first kappa shape index (κ1) is 13.2. The number of hydrogen-bond donors (Lipinski definition) is 1. The maximum absolute atomic E-state index is 10.6. The highest BCUT2D eigenvalue weighted by Crippen LogP contribution is 2.19. The van der Waals surface area contributed by atoms with E-state index >= 15 is 0 Å². The van der Waals surface area contributed by atoms with Crippen LogP contribution in [-0.4, -0.2) is 24.7 Å². The predicted octanol–water partition coefficient (Wildman–Crippen LogP) is 1.94. The largest absolute Gasteiger partial charge is 0.375 e. The summed E-state index contributed by atoms with van der Waals surface area (Å²) in [6, 6.07) is 6.10. The molecule has 0 amide bonds. The van der Waals surface area contributed by atoms with Crippen LogP contribution in [0.3, 0.4) is 0 Å². The molecule has 0 radical (unpaired) electrons. The quantitative estimate of drug-likeness (QED) is 0.582. The molecule has 8 nitrogen and oxygen atoms in total. The van der Waals surface area contributed by atoms with Crippen LogP contribution < -0.4 is 5.73 Å². The van der Waals surface area contributed by atoms with Crippen LogP contribution in [0.15, 0.2) is 36.0 Å². The molecular formula is C12H10N6O2S. The topological polar surface area (TPSA) is 113 Å². The standard InChI is InChI=1S/C12H10N6O2S/c13-12-15-9(6-21-12)5-17-7-14-11(16-17)8-1-3-10(4-2-8)18(19)20/h1-4,6-7H,5H2,(H2,13,15). The lowest BCUT2D eigenvalue weighted by Gasteiger charge is -1.97. The molecule has 106 valence electrons. The van der Waals surface area contributed by atoms with Crippen LogP contribution >= 0.6 is 11.3 Å². The van der Waals surface area contributed by atoms with E-state index in [1.54, 1.807) is 23.1 Å². The number of nitro benzene ring substituents is 1. The summed E-state index contributed by atoms with van der Waals surface area (Å²) in [7, 11) is 0. The van der Waals surface area contributed by atoms with Gasteiger partial charge in [-0.15, -0.1) is 11.3 Å². The first-order valence-electron chi connectivity index (χ1n) is 5.96. The summed E-state index contributed by atoms with van der Waals surface area (Å²) in [5, 5.41) is 17.3. The van der Waals surface area contributed by atoms with Gasteiger partial charge >= 0.3 is 0 Å². The van der Waals surface area contributed by atoms with E-state index in [-0.39, 0.29) is 5.69 Å². The first-order valence-corrected chi connectivity index (χ1v) is 6.84. The van der Waals surface area contributed by atoms with Gasteiger partial charge in [0.25, 0.3) is 5.69 Å². The molecule has 3 aromatic rings. The summed E-state index contributed by atoms with van der Waals surface area (Å²) in [6.45, 7) is 0.480. The van der Waals surface area contributed by atoms with Crippen LogP contribution in [0.25, 0.3) is 11.4 Å². The van der Waals surface area contributed by atoms with E-state index in [1.165, 1.54) is 23.5 Å². The number of nitro groups is 1. The number of thiazole rings is 1. The van der Waals surface area contributed by atoms with E-state index in [1.807, 2.05) is 5.38 Å². The Morgan fingerprint density at radius 2 is 2.10 bits per heavy atom. The van der Waals surface area contributed by atoms with E-state index in [4.69, 9.17) is 5.73 Å². The molecule has 0 aliphatic carbocycles. The van der Waals surface area contributed by atoms with Crippen molar-refractivity contribution in [3.8, 4) is 11.4 Å². The van der Waals surface area contributed by atoms with Gasteiger partial charge in [0.15, 0.2) is 11.0 Å². The minimum absolute atomic E-state index is 0.0381. The highest BCUT2D eigenvalue weighted by atomic mass is 32.1. The number of nitrogen functional groups attached to an aromatic ring is 1. The number of non-ortho nitro benzene ring substituents is 1. The van der Waals surface area contributed by atoms with Gasteiger partial charge in [-0.1, -0.05) is 0 Å². The average molecular weight is 302 g/mol. The van der Waals surface area contributed by atoms with Crippen molar-refractivity contribution in [3.63, 3.8) is 0 Å². The van der Waals surface area contributed by atoms with Gasteiger partial charge in [0.1, 0.15) is 6.33 Å². The van der Waals surface area contributed by atoms with Crippen molar-refractivity contribution >= 4 is 22.2 Å².